The summed E-state index contributed by atoms with van der Waals surface area (Å²) in [6.07, 6.45) is -1.34. The van der Waals surface area contributed by atoms with Crippen molar-refractivity contribution in [1.29, 1.82) is 0 Å². The summed E-state index contributed by atoms with van der Waals surface area (Å²) in [6, 6.07) is 8.08. The van der Waals surface area contributed by atoms with Gasteiger partial charge in [-0.2, -0.15) is 23.4 Å². The summed E-state index contributed by atoms with van der Waals surface area (Å²) in [6.45, 7) is 0.0323. The second kappa shape index (κ2) is 9.00. The van der Waals surface area contributed by atoms with Gasteiger partial charge in [0.05, 0.1) is 16.7 Å². The number of nitrogens with one attached hydrogen (secondary N) is 2. The number of anilines is 2. The summed E-state index contributed by atoms with van der Waals surface area (Å²) in [4.78, 5) is 24.5. The molecule has 0 saturated heterocycles. The number of amides is 2. The summed E-state index contributed by atoms with van der Waals surface area (Å²) >= 11 is 3.04. The van der Waals surface area contributed by atoms with Crippen LogP contribution in [0.3, 0.4) is 0 Å². The average Bonchev–Trinajstić information content (AvgIpc) is 3.38. The van der Waals surface area contributed by atoms with Crippen LogP contribution in [-0.2, 0) is 24.6 Å². The minimum atomic E-state index is -4.57. The number of carbonyl (C=O) groups excluding carboxylic acids is 2. The normalized spacial score (nSPS) is 13.7. The van der Waals surface area contributed by atoms with Crippen LogP contribution in [0.25, 0.3) is 0 Å². The van der Waals surface area contributed by atoms with E-state index in [2.05, 4.69) is 36.8 Å². The largest absolute Gasteiger partial charge is 0.436 e. The number of hydrogen-bond donors (Lipinski definition) is 2. The van der Waals surface area contributed by atoms with Gasteiger partial charge in [-0.1, -0.05) is 0 Å². The molecule has 0 radical (unpaired) electrons. The van der Waals surface area contributed by atoms with E-state index in [1.807, 2.05) is 0 Å². The molecule has 12 heteroatoms. The molecule has 8 nitrogen and oxygen atoms in total. The van der Waals surface area contributed by atoms with E-state index in [-0.39, 0.29) is 40.9 Å². The van der Waals surface area contributed by atoms with Crippen LogP contribution >= 0.6 is 15.9 Å². The molecular weight excluding hydrogens is 505 g/mol. The fourth-order valence-electron chi connectivity index (χ4n) is 3.35. The van der Waals surface area contributed by atoms with Gasteiger partial charge in [-0.15, -0.1) is 0 Å². The summed E-state index contributed by atoms with van der Waals surface area (Å²) in [7, 11) is 1.71. The molecule has 174 valence electrons. The Morgan fingerprint density at radius 3 is 2.27 bits per heavy atom. The monoisotopic (exact) mass is 524 g/mol. The predicted octanol–water partition coefficient (Wildman–Crippen LogP) is 4.56. The number of carbonyl (C=O) groups is 2. The van der Waals surface area contributed by atoms with E-state index in [1.54, 1.807) is 43.6 Å². The Bertz CT molecular complexity index is 1180. The maximum absolute atomic E-state index is 13.2. The highest BCUT2D eigenvalue weighted by Gasteiger charge is 2.41. The third-order valence-corrected chi connectivity index (χ3v) is 5.87. The number of halogens is 4. The molecule has 2 N–H and O–H groups in total. The van der Waals surface area contributed by atoms with Crippen LogP contribution in [0.1, 0.15) is 47.1 Å². The summed E-state index contributed by atoms with van der Waals surface area (Å²) < 4.78 is 42.4. The molecule has 2 amide bonds. The lowest BCUT2D eigenvalue weighted by molar-refractivity contribution is -0.142. The molecule has 0 spiro atoms. The number of aryl methyl sites for hydroxylation is 2. The van der Waals surface area contributed by atoms with Crippen molar-refractivity contribution in [3.63, 3.8) is 0 Å². The molecule has 1 aliphatic rings. The fourth-order valence-corrected chi connectivity index (χ4v) is 4.18. The van der Waals surface area contributed by atoms with Crippen molar-refractivity contribution in [3.05, 3.63) is 58.1 Å². The number of nitrogens with zero attached hydrogens (tertiary/aromatic N) is 4. The van der Waals surface area contributed by atoms with Gasteiger partial charge in [0.1, 0.15) is 0 Å². The van der Waals surface area contributed by atoms with Crippen LogP contribution in [0, 0.1) is 0 Å². The average molecular weight is 525 g/mol. The fraction of sp³-hybridized carbons (Fsp3) is 0.333. The van der Waals surface area contributed by atoms with Crippen LogP contribution in [0.15, 0.2) is 41.0 Å². The topological polar surface area (TPSA) is 93.8 Å². The van der Waals surface area contributed by atoms with E-state index in [0.29, 0.717) is 17.1 Å². The van der Waals surface area contributed by atoms with Gasteiger partial charge in [-0.05, 0) is 59.1 Å². The van der Waals surface area contributed by atoms with Crippen molar-refractivity contribution >= 4 is 39.1 Å². The van der Waals surface area contributed by atoms with Crippen LogP contribution in [-0.4, -0.2) is 31.4 Å². The Balaban J connectivity index is 1.34. The number of alkyl halides is 3. The predicted molar refractivity (Wildman–Crippen MR) is 118 cm³/mol. The maximum atomic E-state index is 13.2. The molecule has 1 saturated carbocycles. The first-order valence-electron chi connectivity index (χ1n) is 10.2. The number of hydrogen-bond acceptors (Lipinski definition) is 4. The van der Waals surface area contributed by atoms with Crippen molar-refractivity contribution in [3.8, 4) is 0 Å². The Labute approximate surface area is 195 Å². The lowest BCUT2D eigenvalue weighted by Gasteiger charge is -2.09. The third kappa shape index (κ3) is 5.44. The molecular formula is C21H20BrF3N6O2. The summed E-state index contributed by atoms with van der Waals surface area (Å²) in [5.74, 6) is -0.690. The van der Waals surface area contributed by atoms with Gasteiger partial charge in [0.2, 0.25) is 5.91 Å². The van der Waals surface area contributed by atoms with Crippen molar-refractivity contribution in [2.24, 2.45) is 7.05 Å². The van der Waals surface area contributed by atoms with Crippen LogP contribution in [0.4, 0.5) is 24.5 Å². The number of aromatic nitrogens is 4. The Hall–Kier alpha value is -3.15. The van der Waals surface area contributed by atoms with Crippen molar-refractivity contribution in [2.75, 3.05) is 10.6 Å². The van der Waals surface area contributed by atoms with Gasteiger partial charge in [0.15, 0.2) is 11.4 Å². The van der Waals surface area contributed by atoms with Gasteiger partial charge < -0.3 is 10.6 Å². The lowest BCUT2D eigenvalue weighted by atomic mass is 10.2. The molecule has 2 heterocycles. The quantitative estimate of drug-likeness (QED) is 0.473. The molecule has 1 aromatic carbocycles. The highest BCUT2D eigenvalue weighted by molar-refractivity contribution is 9.10. The lowest BCUT2D eigenvalue weighted by Crippen LogP contribution is -2.17. The van der Waals surface area contributed by atoms with Gasteiger partial charge in [-0.3, -0.25) is 19.0 Å². The summed E-state index contributed by atoms with van der Waals surface area (Å²) in [5, 5.41) is 13.1. The zero-order valence-corrected chi connectivity index (χ0v) is 19.1. The Morgan fingerprint density at radius 1 is 1.09 bits per heavy atom. The van der Waals surface area contributed by atoms with Gasteiger partial charge in [0.25, 0.3) is 5.91 Å². The molecule has 0 bridgehead atoms. The van der Waals surface area contributed by atoms with E-state index in [0.717, 1.165) is 12.8 Å². The van der Waals surface area contributed by atoms with Crippen LogP contribution in [0.5, 0.6) is 0 Å². The molecule has 2 aromatic heterocycles. The minimum Gasteiger partial charge on any atom is -0.326 e. The van der Waals surface area contributed by atoms with E-state index < -0.39 is 11.9 Å². The zero-order chi connectivity index (χ0) is 23.8. The molecule has 33 heavy (non-hydrogen) atoms. The Kier molecular flexibility index (Phi) is 6.28. The van der Waals surface area contributed by atoms with Crippen LogP contribution in [0.2, 0.25) is 0 Å². The van der Waals surface area contributed by atoms with Crippen LogP contribution < -0.4 is 10.6 Å². The molecule has 3 aromatic rings. The van der Waals surface area contributed by atoms with Crippen molar-refractivity contribution in [1.82, 2.24) is 19.6 Å². The first-order chi connectivity index (χ1) is 15.6. The maximum Gasteiger partial charge on any atom is 0.436 e. The molecule has 0 aliphatic heterocycles. The molecule has 4 rings (SSSR count). The second-order valence-corrected chi connectivity index (χ2v) is 8.54. The standard InChI is InChI=1S/C21H20BrF3N6O2/c1-30-10-8-15(28-30)20(33)27-14-6-4-13(5-7-14)26-16(32)9-11-31-18(12-2-3-12)17(22)19(29-31)21(23,24)25/h4-8,10,12H,2-3,9,11H2,1H3,(H,26,32)(H,27,33). The van der Waals surface area contributed by atoms with E-state index in [1.165, 1.54) is 9.36 Å². The van der Waals surface area contributed by atoms with E-state index in [9.17, 15) is 22.8 Å². The highest BCUT2D eigenvalue weighted by atomic mass is 79.9. The first kappa shape index (κ1) is 23.0. The van der Waals surface area contributed by atoms with Gasteiger partial charge in [0, 0.05) is 37.0 Å². The zero-order valence-electron chi connectivity index (χ0n) is 17.5. The van der Waals surface area contributed by atoms with E-state index in [4.69, 9.17) is 0 Å². The molecule has 1 fully saturated rings. The van der Waals surface area contributed by atoms with Crippen molar-refractivity contribution < 1.29 is 22.8 Å². The SMILES string of the molecule is Cn1ccc(C(=O)Nc2ccc(NC(=O)CCn3nc(C(F)(F)F)c(Br)c3C3CC3)cc2)n1. The third-order valence-electron chi connectivity index (χ3n) is 5.09. The second-order valence-electron chi connectivity index (χ2n) is 7.75. The minimum absolute atomic E-state index is 0.0277. The molecule has 0 atom stereocenters. The number of rotatable bonds is 7. The number of benzene rings is 1. The summed E-state index contributed by atoms with van der Waals surface area (Å²) in [5.41, 5.74) is 0.824. The Morgan fingerprint density at radius 2 is 1.73 bits per heavy atom. The molecule has 0 unspecified atom stereocenters. The highest BCUT2D eigenvalue weighted by Crippen LogP contribution is 2.47. The van der Waals surface area contributed by atoms with Gasteiger partial charge in [-0.25, -0.2) is 0 Å². The molecule has 1 aliphatic carbocycles. The van der Waals surface area contributed by atoms with Crippen molar-refractivity contribution in [2.45, 2.75) is 37.9 Å². The van der Waals surface area contributed by atoms with E-state index >= 15 is 0 Å². The first-order valence-corrected chi connectivity index (χ1v) is 11.0. The smallest absolute Gasteiger partial charge is 0.326 e. The van der Waals surface area contributed by atoms with Gasteiger partial charge >= 0.3 is 6.18 Å².